The molecule has 1 aromatic carbocycles. The van der Waals surface area contributed by atoms with E-state index in [-0.39, 0.29) is 5.97 Å². The minimum atomic E-state index is -0.311. The number of ether oxygens (including phenoxy) is 1. The van der Waals surface area contributed by atoms with Crippen molar-refractivity contribution < 1.29 is 9.53 Å². The second kappa shape index (κ2) is 7.03. The predicted octanol–water partition coefficient (Wildman–Crippen LogP) is 5.04. The number of pyridine rings is 1. The van der Waals surface area contributed by atoms with Gasteiger partial charge >= 0.3 is 5.97 Å². The molecule has 0 atom stereocenters. The summed E-state index contributed by atoms with van der Waals surface area (Å²) < 4.78 is 4.80. The van der Waals surface area contributed by atoms with Crippen LogP contribution in [0.25, 0.3) is 10.8 Å². The van der Waals surface area contributed by atoms with E-state index in [1.54, 1.807) is 6.07 Å². The molecular formula is C21H28N2O2. The molecule has 1 aliphatic rings. The highest BCUT2D eigenvalue weighted by atomic mass is 16.5. The SMILES string of the molecule is COC(=O)c1ccc2cnc(NC3CCC(C(C)(C)C)CC3)cc2c1. The van der Waals surface area contributed by atoms with Crippen LogP contribution in [0.4, 0.5) is 5.82 Å². The number of esters is 1. The molecule has 1 heterocycles. The van der Waals surface area contributed by atoms with Crippen molar-refractivity contribution in [3.63, 3.8) is 0 Å². The Balaban J connectivity index is 1.71. The van der Waals surface area contributed by atoms with Gasteiger partial charge in [-0.3, -0.25) is 0 Å². The molecule has 0 saturated heterocycles. The van der Waals surface area contributed by atoms with Crippen LogP contribution in [0.15, 0.2) is 30.5 Å². The van der Waals surface area contributed by atoms with Crippen molar-refractivity contribution in [1.82, 2.24) is 4.98 Å². The maximum absolute atomic E-state index is 11.7. The minimum Gasteiger partial charge on any atom is -0.465 e. The molecule has 1 saturated carbocycles. The van der Waals surface area contributed by atoms with Gasteiger partial charge in [0.15, 0.2) is 0 Å². The zero-order chi connectivity index (χ0) is 18.0. The summed E-state index contributed by atoms with van der Waals surface area (Å²) in [5, 5.41) is 5.61. The van der Waals surface area contributed by atoms with E-state index >= 15 is 0 Å². The van der Waals surface area contributed by atoms with Crippen LogP contribution in [0.1, 0.15) is 56.8 Å². The monoisotopic (exact) mass is 340 g/mol. The molecule has 0 unspecified atom stereocenters. The second-order valence-corrected chi connectivity index (χ2v) is 8.18. The first-order valence-corrected chi connectivity index (χ1v) is 9.11. The summed E-state index contributed by atoms with van der Waals surface area (Å²) in [6, 6.07) is 8.05. The van der Waals surface area contributed by atoms with Gasteiger partial charge in [0.05, 0.1) is 12.7 Å². The number of nitrogens with one attached hydrogen (secondary N) is 1. The molecule has 1 aliphatic carbocycles. The largest absolute Gasteiger partial charge is 0.465 e. The highest BCUT2D eigenvalue weighted by molar-refractivity contribution is 5.95. The molecule has 0 bridgehead atoms. The Labute approximate surface area is 150 Å². The summed E-state index contributed by atoms with van der Waals surface area (Å²) in [4.78, 5) is 16.3. The third kappa shape index (κ3) is 4.12. The Morgan fingerprint density at radius 2 is 1.84 bits per heavy atom. The summed E-state index contributed by atoms with van der Waals surface area (Å²) in [6.45, 7) is 7.03. The fourth-order valence-electron chi connectivity index (χ4n) is 3.78. The molecule has 2 aromatic rings. The first kappa shape index (κ1) is 17.7. The van der Waals surface area contributed by atoms with Gasteiger partial charge < -0.3 is 10.1 Å². The van der Waals surface area contributed by atoms with Crippen LogP contribution in [0.5, 0.6) is 0 Å². The molecular weight excluding hydrogens is 312 g/mol. The Bertz CT molecular complexity index is 756. The van der Waals surface area contributed by atoms with Gasteiger partial charge in [0.1, 0.15) is 5.82 Å². The van der Waals surface area contributed by atoms with Gasteiger partial charge in [-0.25, -0.2) is 9.78 Å². The average molecular weight is 340 g/mol. The molecule has 4 heteroatoms. The van der Waals surface area contributed by atoms with E-state index in [0.717, 1.165) is 22.5 Å². The van der Waals surface area contributed by atoms with E-state index in [0.29, 0.717) is 17.0 Å². The lowest BCUT2D eigenvalue weighted by Crippen LogP contribution is -2.31. The summed E-state index contributed by atoms with van der Waals surface area (Å²) in [5.74, 6) is 1.38. The number of benzene rings is 1. The number of nitrogens with zero attached hydrogens (tertiary/aromatic N) is 1. The summed E-state index contributed by atoms with van der Waals surface area (Å²) in [6.07, 6.45) is 6.76. The van der Waals surface area contributed by atoms with Crippen molar-refractivity contribution in [2.75, 3.05) is 12.4 Å². The van der Waals surface area contributed by atoms with Crippen LogP contribution in [-0.4, -0.2) is 24.1 Å². The number of carbonyl (C=O) groups is 1. The van der Waals surface area contributed by atoms with Crippen LogP contribution >= 0.6 is 0 Å². The number of anilines is 1. The molecule has 4 nitrogen and oxygen atoms in total. The molecule has 0 amide bonds. The number of methoxy groups -OCH3 is 1. The van der Waals surface area contributed by atoms with Gasteiger partial charge in [0, 0.05) is 17.6 Å². The van der Waals surface area contributed by atoms with Crippen molar-refractivity contribution in [3.05, 3.63) is 36.0 Å². The summed E-state index contributed by atoms with van der Waals surface area (Å²) in [7, 11) is 1.40. The normalized spacial score (nSPS) is 21.1. The molecule has 134 valence electrons. The molecule has 25 heavy (non-hydrogen) atoms. The summed E-state index contributed by atoms with van der Waals surface area (Å²) >= 11 is 0. The number of carbonyl (C=O) groups excluding carboxylic acids is 1. The maximum atomic E-state index is 11.7. The zero-order valence-electron chi connectivity index (χ0n) is 15.6. The van der Waals surface area contributed by atoms with Gasteiger partial charge in [-0.15, -0.1) is 0 Å². The van der Waals surface area contributed by atoms with Gasteiger partial charge in [-0.2, -0.15) is 0 Å². The van der Waals surface area contributed by atoms with Gasteiger partial charge in [-0.05, 0) is 60.6 Å². The Morgan fingerprint density at radius 1 is 1.12 bits per heavy atom. The lowest BCUT2D eigenvalue weighted by atomic mass is 9.71. The number of hydrogen-bond acceptors (Lipinski definition) is 4. The van der Waals surface area contributed by atoms with Gasteiger partial charge in [0.2, 0.25) is 0 Å². The first-order valence-electron chi connectivity index (χ1n) is 9.11. The number of rotatable bonds is 3. The van der Waals surface area contributed by atoms with E-state index in [4.69, 9.17) is 4.74 Å². The fourth-order valence-corrected chi connectivity index (χ4v) is 3.78. The van der Waals surface area contributed by atoms with E-state index < -0.39 is 0 Å². The van der Waals surface area contributed by atoms with E-state index in [9.17, 15) is 4.79 Å². The van der Waals surface area contributed by atoms with E-state index in [1.165, 1.54) is 32.8 Å². The zero-order valence-corrected chi connectivity index (χ0v) is 15.6. The van der Waals surface area contributed by atoms with Crippen molar-refractivity contribution in [1.29, 1.82) is 0 Å². The van der Waals surface area contributed by atoms with Crippen molar-refractivity contribution in [2.24, 2.45) is 11.3 Å². The lowest BCUT2D eigenvalue weighted by molar-refractivity contribution is 0.0601. The molecule has 0 radical (unpaired) electrons. The first-order chi connectivity index (χ1) is 11.9. The summed E-state index contributed by atoms with van der Waals surface area (Å²) in [5.41, 5.74) is 0.967. The third-order valence-corrected chi connectivity index (χ3v) is 5.45. The van der Waals surface area contributed by atoms with Crippen molar-refractivity contribution in [3.8, 4) is 0 Å². The van der Waals surface area contributed by atoms with E-state index in [1.807, 2.05) is 24.4 Å². The average Bonchev–Trinajstić information content (AvgIpc) is 2.60. The molecule has 0 aliphatic heterocycles. The Morgan fingerprint density at radius 3 is 2.48 bits per heavy atom. The van der Waals surface area contributed by atoms with Crippen molar-refractivity contribution >= 4 is 22.6 Å². The molecule has 1 fully saturated rings. The predicted molar refractivity (Wildman–Crippen MR) is 102 cm³/mol. The van der Waals surface area contributed by atoms with E-state index in [2.05, 4.69) is 31.1 Å². The minimum absolute atomic E-state index is 0.311. The smallest absolute Gasteiger partial charge is 0.337 e. The molecule has 0 spiro atoms. The number of hydrogen-bond donors (Lipinski definition) is 1. The fraction of sp³-hybridized carbons (Fsp3) is 0.524. The van der Waals surface area contributed by atoms with Crippen LogP contribution in [0, 0.1) is 11.3 Å². The number of fused-ring (bicyclic) bond motifs is 1. The van der Waals surface area contributed by atoms with Crippen LogP contribution in [-0.2, 0) is 4.74 Å². The van der Waals surface area contributed by atoms with Crippen LogP contribution in [0.3, 0.4) is 0 Å². The quantitative estimate of drug-likeness (QED) is 0.796. The molecule has 1 aromatic heterocycles. The second-order valence-electron chi connectivity index (χ2n) is 8.18. The molecule has 1 N–H and O–H groups in total. The maximum Gasteiger partial charge on any atom is 0.337 e. The lowest BCUT2D eigenvalue weighted by Gasteiger charge is -2.37. The Hall–Kier alpha value is -2.10. The van der Waals surface area contributed by atoms with Crippen LogP contribution < -0.4 is 5.32 Å². The van der Waals surface area contributed by atoms with Crippen molar-refractivity contribution in [2.45, 2.75) is 52.5 Å². The number of aromatic nitrogens is 1. The topological polar surface area (TPSA) is 51.2 Å². The standard InChI is InChI=1S/C21H28N2O2/c1-21(2,3)17-7-9-18(10-8-17)23-19-12-16-11-14(20(24)25-4)5-6-15(16)13-22-19/h5-6,11-13,17-18H,7-10H2,1-4H3,(H,22,23). The van der Waals surface area contributed by atoms with Gasteiger partial charge in [-0.1, -0.05) is 26.8 Å². The van der Waals surface area contributed by atoms with Gasteiger partial charge in [0.25, 0.3) is 0 Å². The highest BCUT2D eigenvalue weighted by Gasteiger charge is 2.29. The third-order valence-electron chi connectivity index (χ3n) is 5.45. The molecule has 3 rings (SSSR count). The Kier molecular flexibility index (Phi) is 4.98. The van der Waals surface area contributed by atoms with Crippen LogP contribution in [0.2, 0.25) is 0 Å². The highest BCUT2D eigenvalue weighted by Crippen LogP contribution is 2.38.